The fourth-order valence-electron chi connectivity index (χ4n) is 4.09. The van der Waals surface area contributed by atoms with E-state index in [9.17, 15) is 14.0 Å². The summed E-state index contributed by atoms with van der Waals surface area (Å²) in [5, 5.41) is 9.19. The second-order valence-corrected chi connectivity index (χ2v) is 10.4. The molecular weight excluding hydrogens is 487 g/mol. The van der Waals surface area contributed by atoms with Crippen LogP contribution in [0.5, 0.6) is 0 Å². The molecule has 1 heterocycles. The number of benzene rings is 1. The van der Waals surface area contributed by atoms with Crippen molar-refractivity contribution >= 4 is 23.8 Å². The molecule has 0 spiro atoms. The maximum absolute atomic E-state index is 13.6. The Bertz CT molecular complexity index is 1190. The van der Waals surface area contributed by atoms with E-state index in [-0.39, 0.29) is 30.2 Å². The third-order valence-electron chi connectivity index (χ3n) is 5.90. The lowest BCUT2D eigenvalue weighted by molar-refractivity contribution is -0.123. The monoisotopic (exact) mass is 524 g/mol. The van der Waals surface area contributed by atoms with Crippen molar-refractivity contribution in [1.29, 1.82) is 0 Å². The van der Waals surface area contributed by atoms with E-state index in [4.69, 9.17) is 4.74 Å². The van der Waals surface area contributed by atoms with E-state index in [1.165, 1.54) is 17.0 Å². The molecule has 0 radical (unpaired) electrons. The number of nitrogens with zero attached hydrogens (tertiary/aromatic N) is 3. The van der Waals surface area contributed by atoms with Crippen molar-refractivity contribution in [3.05, 3.63) is 47.4 Å². The number of amides is 2. The van der Waals surface area contributed by atoms with Crippen molar-refractivity contribution in [3.8, 4) is 11.8 Å². The number of likely N-dealkylation sites (N-methyl/N-ethyl adjacent to an activating group) is 1. The van der Waals surface area contributed by atoms with Crippen LogP contribution >= 0.6 is 0 Å². The smallest absolute Gasteiger partial charge is 0.410 e. The third-order valence-corrected chi connectivity index (χ3v) is 5.90. The van der Waals surface area contributed by atoms with Gasteiger partial charge in [-0.3, -0.25) is 4.79 Å². The number of ether oxygens (including phenoxy) is 1. The fraction of sp³-hybridized carbons (Fsp3) is 0.500. The number of rotatable bonds is 7. The normalized spacial score (nSPS) is 17.0. The molecule has 0 saturated heterocycles. The quantitative estimate of drug-likeness (QED) is 0.467. The molecule has 2 aromatic rings. The Labute approximate surface area is 224 Å². The molecule has 1 fully saturated rings. The van der Waals surface area contributed by atoms with Gasteiger partial charge in [0.2, 0.25) is 11.9 Å². The van der Waals surface area contributed by atoms with Crippen LogP contribution in [0, 0.1) is 23.6 Å². The highest BCUT2D eigenvalue weighted by molar-refractivity contribution is 5.82. The van der Waals surface area contributed by atoms with Crippen LogP contribution in [0.15, 0.2) is 30.5 Å². The first-order chi connectivity index (χ1) is 18.0. The van der Waals surface area contributed by atoms with E-state index in [1.54, 1.807) is 47.1 Å². The molecule has 3 N–H and O–H groups in total. The van der Waals surface area contributed by atoms with Gasteiger partial charge in [-0.1, -0.05) is 30.4 Å². The first-order valence-electron chi connectivity index (χ1n) is 12.8. The Kier molecular flexibility index (Phi) is 9.88. The zero-order chi connectivity index (χ0) is 27.7. The van der Waals surface area contributed by atoms with Gasteiger partial charge in [-0.25, -0.2) is 14.2 Å². The number of hydrogen-bond donors (Lipinski definition) is 3. The lowest BCUT2D eigenvalue weighted by Crippen LogP contribution is -2.45. The van der Waals surface area contributed by atoms with E-state index < -0.39 is 11.7 Å². The molecule has 38 heavy (non-hydrogen) atoms. The molecule has 10 heteroatoms. The van der Waals surface area contributed by atoms with Gasteiger partial charge < -0.3 is 25.6 Å². The lowest BCUT2D eigenvalue weighted by atomic mass is 9.86. The second kappa shape index (κ2) is 13.1. The molecule has 3 rings (SSSR count). The summed E-state index contributed by atoms with van der Waals surface area (Å²) in [6, 6.07) is 6.36. The molecule has 1 saturated carbocycles. The van der Waals surface area contributed by atoms with Crippen LogP contribution in [0.4, 0.5) is 21.0 Å². The van der Waals surface area contributed by atoms with Crippen molar-refractivity contribution in [2.24, 2.45) is 5.92 Å². The summed E-state index contributed by atoms with van der Waals surface area (Å²) in [6.45, 7) is 5.67. The molecule has 1 aliphatic rings. The van der Waals surface area contributed by atoms with Gasteiger partial charge >= 0.3 is 6.09 Å². The highest BCUT2D eigenvalue weighted by atomic mass is 19.1. The Morgan fingerprint density at radius 1 is 1.26 bits per heavy atom. The molecule has 0 unspecified atom stereocenters. The van der Waals surface area contributed by atoms with Crippen LogP contribution in [0.25, 0.3) is 0 Å². The Balaban J connectivity index is 1.60. The van der Waals surface area contributed by atoms with Crippen LogP contribution < -0.4 is 16.0 Å². The predicted molar refractivity (Wildman–Crippen MR) is 145 cm³/mol. The second-order valence-electron chi connectivity index (χ2n) is 10.4. The van der Waals surface area contributed by atoms with E-state index in [0.29, 0.717) is 23.9 Å². The molecule has 204 valence electrons. The molecule has 2 amide bonds. The van der Waals surface area contributed by atoms with Crippen molar-refractivity contribution < 1.29 is 18.7 Å². The zero-order valence-corrected chi connectivity index (χ0v) is 22.7. The summed E-state index contributed by atoms with van der Waals surface area (Å²) in [6.07, 6.45) is 4.57. The molecule has 1 aromatic heterocycles. The summed E-state index contributed by atoms with van der Waals surface area (Å²) in [4.78, 5) is 34.7. The van der Waals surface area contributed by atoms with Crippen molar-refractivity contribution in [2.75, 3.05) is 31.3 Å². The minimum absolute atomic E-state index is 0.0175. The number of aromatic nitrogens is 2. The number of anilines is 2. The van der Waals surface area contributed by atoms with Crippen molar-refractivity contribution in [1.82, 2.24) is 20.2 Å². The largest absolute Gasteiger partial charge is 0.444 e. The first kappa shape index (κ1) is 28.7. The van der Waals surface area contributed by atoms with Gasteiger partial charge in [0.1, 0.15) is 23.8 Å². The number of hydrogen-bond acceptors (Lipinski definition) is 7. The SMILES string of the molecule is CNc1ncc(C#C[C@@H]2CCC[C@H](NC(=O)CN(C)C(=O)OC(C)(C)C)C2)c(NCc2cccc(F)c2)n1. The van der Waals surface area contributed by atoms with Crippen molar-refractivity contribution in [3.63, 3.8) is 0 Å². The molecular formula is C28H37FN6O3. The lowest BCUT2D eigenvalue weighted by Gasteiger charge is -2.28. The number of carbonyl (C=O) groups excluding carboxylic acids is 2. The minimum atomic E-state index is -0.621. The van der Waals surface area contributed by atoms with Crippen LogP contribution in [0.2, 0.25) is 0 Å². The highest BCUT2D eigenvalue weighted by Gasteiger charge is 2.25. The molecule has 2 atom stereocenters. The average molecular weight is 525 g/mol. The van der Waals surface area contributed by atoms with Gasteiger partial charge in [-0.15, -0.1) is 0 Å². The maximum Gasteiger partial charge on any atom is 0.410 e. The molecule has 1 aromatic carbocycles. The van der Waals surface area contributed by atoms with E-state index in [2.05, 4.69) is 37.8 Å². The predicted octanol–water partition coefficient (Wildman–Crippen LogP) is 4.16. The van der Waals surface area contributed by atoms with E-state index in [0.717, 1.165) is 31.2 Å². The number of carbonyl (C=O) groups is 2. The average Bonchev–Trinajstić information content (AvgIpc) is 2.85. The Morgan fingerprint density at radius 3 is 2.76 bits per heavy atom. The van der Waals surface area contributed by atoms with Gasteiger partial charge in [0, 0.05) is 32.6 Å². The van der Waals surface area contributed by atoms with Gasteiger partial charge in [0.25, 0.3) is 0 Å². The van der Waals surface area contributed by atoms with E-state index in [1.807, 2.05) is 6.07 Å². The van der Waals surface area contributed by atoms with Crippen molar-refractivity contribution in [2.45, 2.75) is 64.6 Å². The Morgan fingerprint density at radius 2 is 2.05 bits per heavy atom. The molecule has 9 nitrogen and oxygen atoms in total. The summed E-state index contributed by atoms with van der Waals surface area (Å²) >= 11 is 0. The van der Waals surface area contributed by atoms with Crippen LogP contribution in [-0.2, 0) is 16.1 Å². The standard InChI is InChI=1S/C28H37FN6O3/c1-28(2,3)38-27(37)35(5)18-24(36)33-23-11-7-8-19(15-23)12-13-21-17-32-26(30-4)34-25(21)31-16-20-9-6-10-22(29)14-20/h6,9-10,14,17,19,23H,7-8,11,15-16,18H2,1-5H3,(H,33,36)(H2,30,31,32,34)/t19-,23-/m0/s1. The third kappa shape index (κ3) is 9.21. The van der Waals surface area contributed by atoms with Gasteiger partial charge in [-0.05, 0) is 57.7 Å². The summed E-state index contributed by atoms with van der Waals surface area (Å²) in [5.41, 5.74) is 0.812. The number of nitrogens with one attached hydrogen (secondary N) is 3. The maximum atomic E-state index is 13.6. The van der Waals surface area contributed by atoms with Gasteiger partial charge in [0.15, 0.2) is 0 Å². The van der Waals surface area contributed by atoms with Crippen LogP contribution in [-0.4, -0.2) is 59.2 Å². The topological polar surface area (TPSA) is 108 Å². The molecule has 0 bridgehead atoms. The summed E-state index contributed by atoms with van der Waals surface area (Å²) in [5.74, 6) is 7.12. The van der Waals surface area contributed by atoms with Gasteiger partial charge in [-0.2, -0.15) is 4.98 Å². The fourth-order valence-corrected chi connectivity index (χ4v) is 4.09. The molecule has 1 aliphatic carbocycles. The summed E-state index contributed by atoms with van der Waals surface area (Å²) < 4.78 is 18.9. The Hall–Kier alpha value is -3.87. The van der Waals surface area contributed by atoms with Gasteiger partial charge in [0.05, 0.1) is 11.8 Å². The summed E-state index contributed by atoms with van der Waals surface area (Å²) in [7, 11) is 3.28. The van der Waals surface area contributed by atoms with Crippen LogP contribution in [0.1, 0.15) is 57.6 Å². The highest BCUT2D eigenvalue weighted by Crippen LogP contribution is 2.24. The minimum Gasteiger partial charge on any atom is -0.444 e. The first-order valence-corrected chi connectivity index (χ1v) is 12.8. The molecule has 0 aliphatic heterocycles. The number of halogens is 1. The van der Waals surface area contributed by atoms with E-state index >= 15 is 0 Å². The zero-order valence-electron chi connectivity index (χ0n) is 22.7. The van der Waals surface area contributed by atoms with Crippen LogP contribution in [0.3, 0.4) is 0 Å².